The molecule has 1 aromatic carbocycles. The first-order valence-electron chi connectivity index (χ1n) is 10.8. The number of aromatic nitrogens is 1. The first-order valence-corrected chi connectivity index (χ1v) is 12.3. The fourth-order valence-electron chi connectivity index (χ4n) is 3.82. The standard InChI is InChI=1S/C18H23N5O3S.C6H4/c19-27(25,26)23(14-16-8-4-5-11-20-16)17-9-12-22(13-10-17)18(24)21-15-6-2-1-3-7-15;1-2-6-4-3-5(1)6/h1-8,11,17H,9-10,12-14H2,(H,21,24)(H2,19,25,26);1-4H. The van der Waals surface area contributed by atoms with Gasteiger partial charge < -0.3 is 10.2 Å². The molecule has 172 valence electrons. The number of piperidine rings is 1. The summed E-state index contributed by atoms with van der Waals surface area (Å²) >= 11 is 0. The number of nitrogens with two attached hydrogens (primary N) is 1. The third-order valence-electron chi connectivity index (χ3n) is 5.77. The Kier molecular flexibility index (Phi) is 7.02. The van der Waals surface area contributed by atoms with Gasteiger partial charge in [0, 0.05) is 31.0 Å². The Hall–Kier alpha value is -3.27. The number of nitrogens with one attached hydrogen (secondary N) is 1. The Morgan fingerprint density at radius 3 is 2.06 bits per heavy atom. The Balaban J connectivity index is 0.000000367. The van der Waals surface area contributed by atoms with Crippen LogP contribution >= 0.6 is 0 Å². The van der Waals surface area contributed by atoms with E-state index in [0.717, 1.165) is 5.69 Å². The largest absolute Gasteiger partial charge is 0.324 e. The smallest absolute Gasteiger partial charge is 0.321 e. The fourth-order valence-corrected chi connectivity index (χ4v) is 4.76. The topological polar surface area (TPSA) is 109 Å². The van der Waals surface area contributed by atoms with Crippen LogP contribution in [0.25, 0.3) is 11.1 Å². The second-order valence-electron chi connectivity index (χ2n) is 8.00. The van der Waals surface area contributed by atoms with Gasteiger partial charge in [-0.1, -0.05) is 48.5 Å². The van der Waals surface area contributed by atoms with Gasteiger partial charge in [0.2, 0.25) is 0 Å². The van der Waals surface area contributed by atoms with E-state index in [1.54, 1.807) is 29.3 Å². The number of carbonyl (C=O) groups is 1. The van der Waals surface area contributed by atoms with E-state index >= 15 is 0 Å². The highest BCUT2D eigenvalue weighted by Crippen LogP contribution is 2.29. The molecule has 1 aromatic heterocycles. The highest BCUT2D eigenvalue weighted by atomic mass is 32.2. The maximum absolute atomic E-state index is 12.4. The van der Waals surface area contributed by atoms with Gasteiger partial charge in [0.1, 0.15) is 0 Å². The molecule has 1 saturated heterocycles. The van der Waals surface area contributed by atoms with Crippen molar-refractivity contribution in [2.24, 2.45) is 5.14 Å². The summed E-state index contributed by atoms with van der Waals surface area (Å²) in [7, 11) is -3.87. The minimum Gasteiger partial charge on any atom is -0.324 e. The van der Waals surface area contributed by atoms with Gasteiger partial charge in [0.25, 0.3) is 10.2 Å². The number of amides is 2. The van der Waals surface area contributed by atoms with Crippen LogP contribution in [0.2, 0.25) is 0 Å². The van der Waals surface area contributed by atoms with Crippen LogP contribution in [0, 0.1) is 0 Å². The summed E-state index contributed by atoms with van der Waals surface area (Å²) in [5.74, 6) is 0. The maximum Gasteiger partial charge on any atom is 0.321 e. The van der Waals surface area contributed by atoms with Crippen molar-refractivity contribution in [3.05, 3.63) is 84.7 Å². The molecule has 2 aromatic rings. The summed E-state index contributed by atoms with van der Waals surface area (Å²) in [4.78, 5) is 18.2. The van der Waals surface area contributed by atoms with Crippen LogP contribution < -0.4 is 10.5 Å². The van der Waals surface area contributed by atoms with Gasteiger partial charge in [-0.2, -0.15) is 12.7 Å². The van der Waals surface area contributed by atoms with E-state index in [2.05, 4.69) is 34.6 Å². The zero-order valence-corrected chi connectivity index (χ0v) is 19.0. The first kappa shape index (κ1) is 22.9. The van der Waals surface area contributed by atoms with Gasteiger partial charge in [-0.25, -0.2) is 9.93 Å². The molecule has 3 aliphatic rings. The number of rotatable bonds is 5. The Labute approximate surface area is 194 Å². The average molecular weight is 466 g/mol. The SMILES string of the molecule is NS(=O)(=O)N(Cc1ccccn1)C1CCN(C(=O)Nc2ccccc2)CC1.c1cc2ccc1-2. The molecular weight excluding hydrogens is 438 g/mol. The van der Waals surface area contributed by atoms with Crippen molar-refractivity contribution in [1.82, 2.24) is 14.2 Å². The minimum atomic E-state index is -3.87. The maximum atomic E-state index is 12.4. The summed E-state index contributed by atoms with van der Waals surface area (Å²) in [5.41, 5.74) is 4.21. The number of carbonyl (C=O) groups excluding carboxylic acids is 1. The number of para-hydroxylation sites is 1. The summed E-state index contributed by atoms with van der Waals surface area (Å²) in [6.45, 7) is 1.04. The van der Waals surface area contributed by atoms with Crippen molar-refractivity contribution >= 4 is 21.9 Å². The van der Waals surface area contributed by atoms with Crippen LogP contribution in [-0.4, -0.2) is 47.8 Å². The predicted octanol–water partition coefficient (Wildman–Crippen LogP) is 3.45. The number of urea groups is 1. The number of fused-ring (bicyclic) bond motifs is 1. The molecule has 8 nitrogen and oxygen atoms in total. The molecule has 9 heteroatoms. The van der Waals surface area contributed by atoms with E-state index in [1.807, 2.05) is 30.3 Å². The fraction of sp³-hybridized carbons (Fsp3) is 0.250. The van der Waals surface area contributed by atoms with Crippen LogP contribution in [0.5, 0.6) is 0 Å². The molecule has 2 heterocycles. The van der Waals surface area contributed by atoms with Crippen molar-refractivity contribution in [2.75, 3.05) is 18.4 Å². The summed E-state index contributed by atoms with van der Waals surface area (Å²) < 4.78 is 25.4. The third kappa shape index (κ3) is 5.95. The lowest BCUT2D eigenvalue weighted by Gasteiger charge is -2.36. The molecule has 0 unspecified atom stereocenters. The van der Waals surface area contributed by atoms with Gasteiger partial charge in [0.05, 0.1) is 12.2 Å². The molecule has 33 heavy (non-hydrogen) atoms. The van der Waals surface area contributed by atoms with Crippen LogP contribution in [0.1, 0.15) is 18.5 Å². The van der Waals surface area contributed by atoms with Crippen molar-refractivity contribution in [2.45, 2.75) is 25.4 Å². The molecule has 2 aliphatic carbocycles. The van der Waals surface area contributed by atoms with Gasteiger partial charge >= 0.3 is 6.03 Å². The Morgan fingerprint density at radius 2 is 1.58 bits per heavy atom. The van der Waals surface area contributed by atoms with Crippen LogP contribution in [0.4, 0.5) is 10.5 Å². The van der Waals surface area contributed by atoms with Crippen molar-refractivity contribution in [3.63, 3.8) is 0 Å². The monoisotopic (exact) mass is 465 g/mol. The quantitative estimate of drug-likeness (QED) is 0.470. The molecule has 2 amide bonds. The van der Waals surface area contributed by atoms with Crippen LogP contribution in [0.15, 0.2) is 79.0 Å². The lowest BCUT2D eigenvalue weighted by molar-refractivity contribution is 0.164. The van der Waals surface area contributed by atoms with Crippen LogP contribution in [0.3, 0.4) is 0 Å². The normalized spacial score (nSPS) is 14.9. The lowest BCUT2D eigenvalue weighted by atomic mass is 9.95. The molecule has 3 N–H and O–H groups in total. The Morgan fingerprint density at radius 1 is 0.970 bits per heavy atom. The number of nitrogens with zero attached hydrogens (tertiary/aromatic N) is 3. The second-order valence-corrected chi connectivity index (χ2v) is 9.50. The molecule has 0 atom stereocenters. The molecule has 0 spiro atoms. The number of hydrogen-bond donors (Lipinski definition) is 2. The van der Waals surface area contributed by atoms with Crippen LogP contribution in [-0.2, 0) is 16.8 Å². The zero-order valence-electron chi connectivity index (χ0n) is 18.2. The van der Waals surface area contributed by atoms with Gasteiger partial charge in [0.15, 0.2) is 0 Å². The lowest BCUT2D eigenvalue weighted by Crippen LogP contribution is -2.51. The number of anilines is 1. The Bertz CT molecular complexity index is 1140. The zero-order chi connectivity index (χ0) is 23.3. The number of benzene rings is 2. The highest BCUT2D eigenvalue weighted by molar-refractivity contribution is 7.86. The molecule has 5 rings (SSSR count). The molecule has 1 fully saturated rings. The average Bonchev–Trinajstić information content (AvgIpc) is 2.81. The summed E-state index contributed by atoms with van der Waals surface area (Å²) in [5, 5.41) is 8.28. The minimum absolute atomic E-state index is 0.126. The first-order chi connectivity index (χ1) is 15.9. The number of pyridine rings is 1. The molecule has 0 radical (unpaired) electrons. The number of hydrogen-bond acceptors (Lipinski definition) is 4. The number of likely N-dealkylation sites (tertiary alicyclic amines) is 1. The van der Waals surface area contributed by atoms with E-state index in [1.165, 1.54) is 15.4 Å². The van der Waals surface area contributed by atoms with E-state index in [0.29, 0.717) is 31.6 Å². The van der Waals surface area contributed by atoms with E-state index in [9.17, 15) is 13.2 Å². The van der Waals surface area contributed by atoms with Gasteiger partial charge in [-0.05, 0) is 48.2 Å². The summed E-state index contributed by atoms with van der Waals surface area (Å²) in [6.07, 6.45) is 2.66. The van der Waals surface area contributed by atoms with Gasteiger partial charge in [-0.15, -0.1) is 0 Å². The van der Waals surface area contributed by atoms with E-state index in [-0.39, 0.29) is 18.6 Å². The van der Waals surface area contributed by atoms with Gasteiger partial charge in [-0.3, -0.25) is 4.98 Å². The second kappa shape index (κ2) is 10.1. The third-order valence-corrected chi connectivity index (χ3v) is 6.85. The van der Waals surface area contributed by atoms with E-state index < -0.39 is 10.2 Å². The predicted molar refractivity (Wildman–Crippen MR) is 128 cm³/mol. The molecule has 1 aliphatic heterocycles. The molecule has 0 bridgehead atoms. The molecular formula is C24H27N5O3S. The summed E-state index contributed by atoms with van der Waals surface area (Å²) in [6, 6.07) is 22.6. The van der Waals surface area contributed by atoms with Crippen molar-refractivity contribution in [1.29, 1.82) is 0 Å². The highest BCUT2D eigenvalue weighted by Gasteiger charge is 2.32. The van der Waals surface area contributed by atoms with E-state index in [4.69, 9.17) is 5.14 Å². The molecule has 0 saturated carbocycles. The van der Waals surface area contributed by atoms with Crippen molar-refractivity contribution in [3.8, 4) is 11.1 Å². The van der Waals surface area contributed by atoms with Crippen molar-refractivity contribution < 1.29 is 13.2 Å².